The van der Waals surface area contributed by atoms with Gasteiger partial charge in [-0.3, -0.25) is 9.88 Å². The number of hydrogen-bond acceptors (Lipinski definition) is 5. The summed E-state index contributed by atoms with van der Waals surface area (Å²) >= 11 is 0. The Morgan fingerprint density at radius 3 is 2.75 bits per heavy atom. The maximum atomic E-state index is 5.77. The zero-order valence-corrected chi connectivity index (χ0v) is 14.2. The van der Waals surface area contributed by atoms with Crippen LogP contribution in [0.15, 0.2) is 30.7 Å². The summed E-state index contributed by atoms with van der Waals surface area (Å²) in [5.41, 5.74) is 2.16. The molecule has 0 amide bonds. The van der Waals surface area contributed by atoms with E-state index in [1.807, 2.05) is 30.7 Å². The molecule has 0 radical (unpaired) electrons. The first-order chi connectivity index (χ1) is 11.8. The van der Waals surface area contributed by atoms with Crippen LogP contribution in [0.25, 0.3) is 11.3 Å². The molecule has 1 N–H and O–H groups in total. The quantitative estimate of drug-likeness (QED) is 0.934. The Bertz CT molecular complexity index is 650. The topological polar surface area (TPSA) is 57.3 Å². The Balaban J connectivity index is 1.54. The fourth-order valence-electron chi connectivity index (χ4n) is 3.80. The Morgan fingerprint density at radius 1 is 1.17 bits per heavy atom. The van der Waals surface area contributed by atoms with Gasteiger partial charge in [-0.15, -0.1) is 0 Å². The zero-order valence-electron chi connectivity index (χ0n) is 14.2. The number of ether oxygens (including phenoxy) is 1. The summed E-state index contributed by atoms with van der Waals surface area (Å²) < 4.78 is 5.77. The number of nitrogens with zero attached hydrogens (tertiary/aromatic N) is 4. The lowest BCUT2D eigenvalue weighted by atomic mass is 10.0. The van der Waals surface area contributed by atoms with Crippen molar-refractivity contribution in [3.63, 3.8) is 0 Å². The minimum Gasteiger partial charge on any atom is -0.378 e. The van der Waals surface area contributed by atoms with E-state index in [4.69, 9.17) is 4.74 Å². The highest BCUT2D eigenvalue weighted by Crippen LogP contribution is 2.29. The molecule has 2 aromatic heterocycles. The van der Waals surface area contributed by atoms with Crippen molar-refractivity contribution in [2.45, 2.75) is 24.9 Å². The largest absolute Gasteiger partial charge is 0.378 e. The minimum absolute atomic E-state index is 0.225. The summed E-state index contributed by atoms with van der Waals surface area (Å²) in [5, 5.41) is 0. The molecule has 4 rings (SSSR count). The Morgan fingerprint density at radius 2 is 1.96 bits per heavy atom. The third kappa shape index (κ3) is 3.22. The molecule has 2 aliphatic rings. The Labute approximate surface area is 142 Å². The van der Waals surface area contributed by atoms with Gasteiger partial charge in [-0.25, -0.2) is 4.98 Å². The highest BCUT2D eigenvalue weighted by molar-refractivity contribution is 5.57. The predicted octanol–water partition coefficient (Wildman–Crippen LogP) is 1.94. The lowest BCUT2D eigenvalue weighted by molar-refractivity contribution is -0.0441. The van der Waals surface area contributed by atoms with Gasteiger partial charge in [0.1, 0.15) is 5.82 Å². The summed E-state index contributed by atoms with van der Waals surface area (Å²) in [5.74, 6) is 1.01. The van der Waals surface area contributed by atoms with Gasteiger partial charge in [0, 0.05) is 30.5 Å². The molecule has 2 saturated heterocycles. The fraction of sp³-hybridized carbons (Fsp3) is 0.556. The number of aromatic amines is 1. The second-order valence-electron chi connectivity index (χ2n) is 6.78. The maximum absolute atomic E-state index is 5.77. The molecule has 6 nitrogen and oxygen atoms in total. The van der Waals surface area contributed by atoms with Crippen molar-refractivity contribution < 1.29 is 4.74 Å². The van der Waals surface area contributed by atoms with Crippen LogP contribution in [0.1, 0.15) is 24.7 Å². The normalized spacial score (nSPS) is 24.3. The highest BCUT2D eigenvalue weighted by atomic mass is 16.5. The second kappa shape index (κ2) is 7.01. The molecule has 2 fully saturated rings. The number of piperidine rings is 1. The standard InChI is InChI=1S/C18H25N5O/c1-22-8-4-15(5-9-22)23-10-11-24-13-17(23)18-20-12-16(21-18)14-2-6-19-7-3-14/h2-3,6-7,12,15,17H,4-5,8-11,13H2,1H3,(H,20,21)/t17-/m0/s1. The third-order valence-electron chi connectivity index (χ3n) is 5.23. The van der Waals surface area contributed by atoms with E-state index in [0.717, 1.165) is 36.8 Å². The monoisotopic (exact) mass is 327 g/mol. The van der Waals surface area contributed by atoms with Crippen LogP contribution >= 0.6 is 0 Å². The molecule has 24 heavy (non-hydrogen) atoms. The minimum atomic E-state index is 0.225. The van der Waals surface area contributed by atoms with Crippen LogP contribution in [-0.4, -0.2) is 70.7 Å². The number of rotatable bonds is 3. The number of pyridine rings is 1. The van der Waals surface area contributed by atoms with Crippen LogP contribution in [0, 0.1) is 0 Å². The van der Waals surface area contributed by atoms with Gasteiger partial charge in [-0.05, 0) is 45.1 Å². The van der Waals surface area contributed by atoms with E-state index >= 15 is 0 Å². The fourth-order valence-corrected chi connectivity index (χ4v) is 3.80. The van der Waals surface area contributed by atoms with Crippen molar-refractivity contribution in [3.8, 4) is 11.3 Å². The molecule has 1 atom stereocenters. The number of H-pyrrole nitrogens is 1. The van der Waals surface area contributed by atoms with Gasteiger partial charge >= 0.3 is 0 Å². The summed E-state index contributed by atoms with van der Waals surface area (Å²) in [4.78, 5) is 17.3. The average Bonchev–Trinajstić information content (AvgIpc) is 3.13. The van der Waals surface area contributed by atoms with E-state index < -0.39 is 0 Å². The predicted molar refractivity (Wildman–Crippen MR) is 92.6 cm³/mol. The molecule has 0 spiro atoms. The SMILES string of the molecule is CN1CCC(N2CCOC[C@H]2c2ncc(-c3ccncc3)[nH]2)CC1. The van der Waals surface area contributed by atoms with Crippen molar-refractivity contribution >= 4 is 0 Å². The van der Waals surface area contributed by atoms with Crippen LogP contribution in [0.4, 0.5) is 0 Å². The molecule has 4 heterocycles. The molecule has 0 aromatic carbocycles. The number of likely N-dealkylation sites (tertiary alicyclic amines) is 1. The number of nitrogens with one attached hydrogen (secondary N) is 1. The van der Waals surface area contributed by atoms with Gasteiger partial charge in [-0.1, -0.05) is 0 Å². The molecule has 128 valence electrons. The summed E-state index contributed by atoms with van der Waals surface area (Å²) in [7, 11) is 2.21. The molecule has 0 bridgehead atoms. The lowest BCUT2D eigenvalue weighted by Crippen LogP contribution is -2.50. The first kappa shape index (κ1) is 15.7. The third-order valence-corrected chi connectivity index (χ3v) is 5.23. The van der Waals surface area contributed by atoms with E-state index in [2.05, 4.69) is 31.8 Å². The van der Waals surface area contributed by atoms with Crippen LogP contribution in [-0.2, 0) is 4.74 Å². The summed E-state index contributed by atoms with van der Waals surface area (Å²) in [6.45, 7) is 4.88. The average molecular weight is 327 g/mol. The van der Waals surface area contributed by atoms with E-state index in [1.54, 1.807) is 0 Å². The highest BCUT2D eigenvalue weighted by Gasteiger charge is 2.33. The van der Waals surface area contributed by atoms with Gasteiger partial charge in [-0.2, -0.15) is 0 Å². The Hall–Kier alpha value is -1.76. The second-order valence-corrected chi connectivity index (χ2v) is 6.78. The van der Waals surface area contributed by atoms with E-state index in [-0.39, 0.29) is 6.04 Å². The molecule has 0 aliphatic carbocycles. The van der Waals surface area contributed by atoms with E-state index in [9.17, 15) is 0 Å². The number of morpholine rings is 1. The smallest absolute Gasteiger partial charge is 0.126 e. The molecule has 2 aliphatic heterocycles. The maximum Gasteiger partial charge on any atom is 0.126 e. The van der Waals surface area contributed by atoms with Crippen molar-refractivity contribution in [1.29, 1.82) is 0 Å². The van der Waals surface area contributed by atoms with Crippen molar-refractivity contribution in [2.75, 3.05) is 39.9 Å². The van der Waals surface area contributed by atoms with Gasteiger partial charge in [0.15, 0.2) is 0 Å². The van der Waals surface area contributed by atoms with E-state index in [1.165, 1.54) is 25.9 Å². The Kier molecular flexibility index (Phi) is 4.60. The first-order valence-electron chi connectivity index (χ1n) is 8.78. The van der Waals surface area contributed by atoms with Gasteiger partial charge < -0.3 is 14.6 Å². The van der Waals surface area contributed by atoms with Gasteiger partial charge in [0.05, 0.1) is 31.1 Å². The van der Waals surface area contributed by atoms with Gasteiger partial charge in [0.2, 0.25) is 0 Å². The van der Waals surface area contributed by atoms with Crippen LogP contribution in [0.3, 0.4) is 0 Å². The van der Waals surface area contributed by atoms with Crippen LogP contribution < -0.4 is 0 Å². The van der Waals surface area contributed by atoms with Crippen molar-refractivity contribution in [3.05, 3.63) is 36.5 Å². The molecular weight excluding hydrogens is 302 g/mol. The summed E-state index contributed by atoms with van der Waals surface area (Å²) in [6.07, 6.45) is 8.00. The van der Waals surface area contributed by atoms with Gasteiger partial charge in [0.25, 0.3) is 0 Å². The van der Waals surface area contributed by atoms with E-state index in [0.29, 0.717) is 6.04 Å². The van der Waals surface area contributed by atoms with Crippen LogP contribution in [0.2, 0.25) is 0 Å². The molecule has 0 unspecified atom stereocenters. The summed E-state index contributed by atoms with van der Waals surface area (Å²) in [6, 6.07) is 4.86. The molecule has 2 aromatic rings. The molecule has 0 saturated carbocycles. The number of imidazole rings is 1. The lowest BCUT2D eigenvalue weighted by Gasteiger charge is -2.43. The number of hydrogen-bond donors (Lipinski definition) is 1. The van der Waals surface area contributed by atoms with Crippen LogP contribution in [0.5, 0.6) is 0 Å². The van der Waals surface area contributed by atoms with Crippen molar-refractivity contribution in [2.24, 2.45) is 0 Å². The number of aromatic nitrogens is 3. The zero-order chi connectivity index (χ0) is 16.4. The van der Waals surface area contributed by atoms with Crippen molar-refractivity contribution in [1.82, 2.24) is 24.8 Å². The molecule has 6 heteroatoms. The molecular formula is C18H25N5O. The first-order valence-corrected chi connectivity index (χ1v) is 8.78.